The number of alkyl halides is 3. The fourth-order valence-electron chi connectivity index (χ4n) is 3.28. The molecule has 6 nitrogen and oxygen atoms in total. The highest BCUT2D eigenvalue weighted by molar-refractivity contribution is 5.92. The molecule has 37 heavy (non-hydrogen) atoms. The summed E-state index contributed by atoms with van der Waals surface area (Å²) in [7, 11) is 0. The van der Waals surface area contributed by atoms with Gasteiger partial charge in [0.05, 0.1) is 17.7 Å². The lowest BCUT2D eigenvalue weighted by atomic mass is 9.99. The summed E-state index contributed by atoms with van der Waals surface area (Å²) >= 11 is 0. The molecule has 3 rings (SSSR count). The number of carbonyl (C=O) groups excluding carboxylic acids is 3. The maximum Gasteiger partial charge on any atom is 0.425 e. The molecule has 0 aliphatic rings. The number of carbonyl (C=O) groups is 3. The number of hydrogen-bond donors (Lipinski definition) is 0. The third-order valence-electron chi connectivity index (χ3n) is 5.44. The molecule has 0 amide bonds. The number of benzene rings is 3. The number of ether oxygens (including phenoxy) is 3. The summed E-state index contributed by atoms with van der Waals surface area (Å²) in [6, 6.07) is 20.2. The van der Waals surface area contributed by atoms with Crippen LogP contribution in [0.25, 0.3) is 22.3 Å². The van der Waals surface area contributed by atoms with Crippen LogP contribution in [-0.2, 0) is 19.0 Å². The summed E-state index contributed by atoms with van der Waals surface area (Å²) in [5.41, 5.74) is 3.64. The molecule has 0 unspecified atom stereocenters. The molecule has 194 valence electrons. The molecule has 0 aliphatic carbocycles. The van der Waals surface area contributed by atoms with Crippen molar-refractivity contribution in [3.8, 4) is 22.3 Å². The largest absolute Gasteiger partial charge is 0.463 e. The van der Waals surface area contributed by atoms with Crippen LogP contribution in [0.5, 0.6) is 0 Å². The van der Waals surface area contributed by atoms with Crippen LogP contribution >= 0.6 is 0 Å². The van der Waals surface area contributed by atoms with Crippen molar-refractivity contribution in [1.82, 2.24) is 0 Å². The molecule has 0 aromatic heterocycles. The highest BCUT2D eigenvalue weighted by Gasteiger charge is 2.39. The Morgan fingerprint density at radius 1 is 0.676 bits per heavy atom. The third-order valence-corrected chi connectivity index (χ3v) is 5.44. The van der Waals surface area contributed by atoms with Gasteiger partial charge >= 0.3 is 24.1 Å². The van der Waals surface area contributed by atoms with E-state index in [4.69, 9.17) is 9.47 Å². The standard InChI is InChI=1S/C28H25F3O6/c1-4-35-25(32)17(2)36-26(33)23-13-9-21(10-14-23)19-5-7-20(8-6-19)22-11-15-24(16-12-22)27(34)37-18(3)28(29,30)31/h5-18H,4H2,1-3H3/t17-,18-/m0/s1. The highest BCUT2D eigenvalue weighted by Crippen LogP contribution is 2.27. The molecule has 0 spiro atoms. The van der Waals surface area contributed by atoms with Gasteiger partial charge in [-0.05, 0) is 67.3 Å². The second-order valence-electron chi connectivity index (χ2n) is 8.12. The Kier molecular flexibility index (Phi) is 8.70. The quantitative estimate of drug-likeness (QED) is 0.262. The van der Waals surface area contributed by atoms with Gasteiger partial charge in [-0.1, -0.05) is 48.5 Å². The second-order valence-corrected chi connectivity index (χ2v) is 8.12. The van der Waals surface area contributed by atoms with Gasteiger partial charge in [-0.15, -0.1) is 0 Å². The summed E-state index contributed by atoms with van der Waals surface area (Å²) in [6.45, 7) is 4.08. The van der Waals surface area contributed by atoms with Crippen LogP contribution in [0.1, 0.15) is 41.5 Å². The first kappa shape index (κ1) is 27.4. The van der Waals surface area contributed by atoms with Crippen LogP contribution in [-0.4, -0.2) is 42.9 Å². The van der Waals surface area contributed by atoms with Crippen molar-refractivity contribution in [3.63, 3.8) is 0 Å². The minimum atomic E-state index is -4.62. The molecule has 0 aliphatic heterocycles. The van der Waals surface area contributed by atoms with Gasteiger partial charge in [0.2, 0.25) is 0 Å². The van der Waals surface area contributed by atoms with E-state index in [1.165, 1.54) is 19.1 Å². The molecule has 3 aromatic rings. The van der Waals surface area contributed by atoms with Crippen LogP contribution in [0.15, 0.2) is 72.8 Å². The van der Waals surface area contributed by atoms with Crippen molar-refractivity contribution in [2.75, 3.05) is 6.61 Å². The first-order chi connectivity index (χ1) is 17.5. The predicted octanol–water partition coefficient (Wildman–Crippen LogP) is 6.24. The maximum absolute atomic E-state index is 12.6. The summed E-state index contributed by atoms with van der Waals surface area (Å²) in [6.07, 6.45) is -7.83. The normalized spacial score (nSPS) is 12.8. The van der Waals surface area contributed by atoms with E-state index < -0.39 is 36.3 Å². The summed E-state index contributed by atoms with van der Waals surface area (Å²) < 4.78 is 52.2. The smallest absolute Gasteiger partial charge is 0.425 e. The average Bonchev–Trinajstić information content (AvgIpc) is 2.88. The van der Waals surface area contributed by atoms with Crippen molar-refractivity contribution < 1.29 is 41.8 Å². The van der Waals surface area contributed by atoms with Crippen molar-refractivity contribution in [2.24, 2.45) is 0 Å². The highest BCUT2D eigenvalue weighted by atomic mass is 19.4. The lowest BCUT2D eigenvalue weighted by Gasteiger charge is -2.16. The SMILES string of the molecule is CCOC(=O)[C@H](C)OC(=O)c1ccc(-c2ccc(-c3ccc(C(=O)O[C@@H](C)C(F)(F)F)cc3)cc2)cc1. The van der Waals surface area contributed by atoms with Crippen molar-refractivity contribution >= 4 is 17.9 Å². The Balaban J connectivity index is 1.64. The predicted molar refractivity (Wildman–Crippen MR) is 130 cm³/mol. The molecule has 0 heterocycles. The fourth-order valence-corrected chi connectivity index (χ4v) is 3.28. The van der Waals surface area contributed by atoms with E-state index >= 15 is 0 Å². The zero-order chi connectivity index (χ0) is 27.2. The molecule has 9 heteroatoms. The lowest BCUT2D eigenvalue weighted by molar-refractivity contribution is -0.198. The monoisotopic (exact) mass is 514 g/mol. The van der Waals surface area contributed by atoms with Crippen LogP contribution in [0.3, 0.4) is 0 Å². The van der Waals surface area contributed by atoms with Gasteiger partial charge in [0, 0.05) is 0 Å². The van der Waals surface area contributed by atoms with Crippen molar-refractivity contribution in [2.45, 2.75) is 39.2 Å². The molecular formula is C28H25F3O6. The Hall–Kier alpha value is -4.14. The molecule has 0 bridgehead atoms. The molecule has 0 saturated carbocycles. The topological polar surface area (TPSA) is 78.9 Å². The van der Waals surface area contributed by atoms with Crippen LogP contribution < -0.4 is 0 Å². The van der Waals surface area contributed by atoms with E-state index in [2.05, 4.69) is 4.74 Å². The fraction of sp³-hybridized carbons (Fsp3) is 0.250. The number of rotatable bonds is 8. The number of halogens is 3. The summed E-state index contributed by atoms with van der Waals surface area (Å²) in [5, 5.41) is 0. The van der Waals surface area contributed by atoms with E-state index in [9.17, 15) is 27.6 Å². The first-order valence-corrected chi connectivity index (χ1v) is 11.5. The van der Waals surface area contributed by atoms with Gasteiger partial charge in [0.15, 0.2) is 12.2 Å². The van der Waals surface area contributed by atoms with E-state index in [0.29, 0.717) is 5.56 Å². The van der Waals surface area contributed by atoms with Crippen LogP contribution in [0.4, 0.5) is 13.2 Å². The van der Waals surface area contributed by atoms with Gasteiger partial charge < -0.3 is 14.2 Å². The molecule has 0 radical (unpaired) electrons. The molecular weight excluding hydrogens is 489 g/mol. The summed E-state index contributed by atoms with van der Waals surface area (Å²) in [4.78, 5) is 35.9. The lowest BCUT2D eigenvalue weighted by Crippen LogP contribution is -2.30. The Morgan fingerprint density at radius 3 is 1.38 bits per heavy atom. The van der Waals surface area contributed by atoms with Crippen LogP contribution in [0.2, 0.25) is 0 Å². The van der Waals surface area contributed by atoms with Gasteiger partial charge in [0.25, 0.3) is 0 Å². The minimum Gasteiger partial charge on any atom is -0.463 e. The first-order valence-electron chi connectivity index (χ1n) is 11.5. The van der Waals surface area contributed by atoms with E-state index in [1.807, 2.05) is 24.3 Å². The average molecular weight is 514 g/mol. The van der Waals surface area contributed by atoms with Gasteiger partial charge in [0.1, 0.15) is 0 Å². The molecule has 3 aromatic carbocycles. The minimum absolute atomic E-state index is 0.0201. The Bertz CT molecular complexity index is 1230. The maximum atomic E-state index is 12.6. The molecule has 0 saturated heterocycles. The zero-order valence-electron chi connectivity index (χ0n) is 20.4. The zero-order valence-corrected chi connectivity index (χ0v) is 20.4. The van der Waals surface area contributed by atoms with Gasteiger partial charge in [-0.3, -0.25) is 0 Å². The van der Waals surface area contributed by atoms with Crippen molar-refractivity contribution in [3.05, 3.63) is 83.9 Å². The third kappa shape index (κ3) is 7.19. The van der Waals surface area contributed by atoms with Gasteiger partial charge in [-0.2, -0.15) is 13.2 Å². The van der Waals surface area contributed by atoms with Crippen molar-refractivity contribution in [1.29, 1.82) is 0 Å². The summed E-state index contributed by atoms with van der Waals surface area (Å²) in [5.74, 6) is -2.30. The number of hydrogen-bond acceptors (Lipinski definition) is 6. The Morgan fingerprint density at radius 2 is 1.03 bits per heavy atom. The van der Waals surface area contributed by atoms with E-state index in [1.54, 1.807) is 43.3 Å². The molecule has 0 N–H and O–H groups in total. The molecule has 2 atom stereocenters. The van der Waals surface area contributed by atoms with E-state index in [-0.39, 0.29) is 12.2 Å². The van der Waals surface area contributed by atoms with Crippen LogP contribution in [0, 0.1) is 0 Å². The number of esters is 3. The molecule has 0 fully saturated rings. The second kappa shape index (κ2) is 11.7. The Labute approximate surface area is 212 Å². The van der Waals surface area contributed by atoms with E-state index in [0.717, 1.165) is 29.2 Å². The van der Waals surface area contributed by atoms with Gasteiger partial charge in [-0.25, -0.2) is 14.4 Å².